The number of pyridine rings is 1. The Morgan fingerprint density at radius 1 is 1.16 bits per heavy atom. The molecule has 2 amide bonds. The summed E-state index contributed by atoms with van der Waals surface area (Å²) in [6.07, 6.45) is 2.94. The van der Waals surface area contributed by atoms with Crippen LogP contribution in [0.25, 0.3) is 0 Å². The number of H-pyrrole nitrogens is 1. The molecule has 3 heterocycles. The zero-order valence-electron chi connectivity index (χ0n) is 21.2. The van der Waals surface area contributed by atoms with Crippen molar-refractivity contribution in [3.63, 3.8) is 0 Å². The van der Waals surface area contributed by atoms with Crippen molar-refractivity contribution in [2.75, 3.05) is 30.1 Å². The van der Waals surface area contributed by atoms with Crippen molar-refractivity contribution in [3.05, 3.63) is 89.6 Å². The van der Waals surface area contributed by atoms with E-state index < -0.39 is 5.91 Å². The third kappa shape index (κ3) is 7.10. The van der Waals surface area contributed by atoms with Gasteiger partial charge in [0.05, 0.1) is 19.0 Å². The van der Waals surface area contributed by atoms with Crippen LogP contribution >= 0.6 is 11.8 Å². The highest BCUT2D eigenvalue weighted by Gasteiger charge is 2.20. The van der Waals surface area contributed by atoms with Crippen LogP contribution in [0.5, 0.6) is 5.75 Å². The van der Waals surface area contributed by atoms with Gasteiger partial charge in [0.1, 0.15) is 17.4 Å². The van der Waals surface area contributed by atoms with Gasteiger partial charge in [-0.15, -0.1) is 16.9 Å². The Morgan fingerprint density at radius 3 is 2.61 bits per heavy atom. The van der Waals surface area contributed by atoms with Crippen molar-refractivity contribution in [1.82, 2.24) is 20.2 Å². The van der Waals surface area contributed by atoms with Crippen LogP contribution in [0.1, 0.15) is 34.0 Å². The smallest absolute Gasteiger partial charge is 0.288 e. The van der Waals surface area contributed by atoms with Crippen molar-refractivity contribution in [2.24, 2.45) is 5.73 Å². The first-order valence-corrected chi connectivity index (χ1v) is 12.9. The fraction of sp³-hybridized carbons (Fsp3) is 0.222. The van der Waals surface area contributed by atoms with Crippen LogP contribution in [0.3, 0.4) is 0 Å². The van der Waals surface area contributed by atoms with Gasteiger partial charge < -0.3 is 20.7 Å². The Morgan fingerprint density at radius 2 is 1.92 bits per heavy atom. The van der Waals surface area contributed by atoms with Crippen molar-refractivity contribution in [1.29, 1.82) is 0 Å². The number of amides is 2. The summed E-state index contributed by atoms with van der Waals surface area (Å²) in [4.78, 5) is 33.8. The molecule has 4 aromatic rings. The summed E-state index contributed by atoms with van der Waals surface area (Å²) in [5.41, 5.74) is 8.18. The quantitative estimate of drug-likeness (QED) is 0.328. The third-order valence-corrected chi connectivity index (χ3v) is 6.80. The topological polar surface area (TPSA) is 139 Å². The number of hydrogen-bond acceptors (Lipinski definition) is 8. The number of thioether (sulfide) groups is 1. The van der Waals surface area contributed by atoms with Crippen LogP contribution in [0, 0.1) is 0 Å². The molecule has 0 saturated heterocycles. The summed E-state index contributed by atoms with van der Waals surface area (Å²) < 4.78 is 5.16. The van der Waals surface area contributed by atoms with Crippen molar-refractivity contribution in [3.8, 4) is 5.75 Å². The molecular formula is C27H29N7O3S. The van der Waals surface area contributed by atoms with Gasteiger partial charge in [0.25, 0.3) is 5.91 Å². The van der Waals surface area contributed by atoms with Crippen molar-refractivity contribution < 1.29 is 14.3 Å². The predicted octanol–water partition coefficient (Wildman–Crippen LogP) is 3.66. The van der Waals surface area contributed by atoms with Crippen LogP contribution in [0.2, 0.25) is 0 Å². The summed E-state index contributed by atoms with van der Waals surface area (Å²) in [6.45, 7) is 0.690. The largest absolute Gasteiger partial charge is 0.497 e. The molecule has 0 spiro atoms. The molecule has 0 fully saturated rings. The number of nitrogens with zero attached hydrogens (tertiary/aromatic N) is 4. The van der Waals surface area contributed by atoms with E-state index in [0.29, 0.717) is 25.2 Å². The lowest BCUT2D eigenvalue weighted by Crippen LogP contribution is -2.25. The number of methoxy groups -OCH3 is 1. The Labute approximate surface area is 225 Å². The molecule has 1 aliphatic heterocycles. The van der Waals surface area contributed by atoms with Gasteiger partial charge in [0.2, 0.25) is 11.7 Å². The number of anilines is 2. The second kappa shape index (κ2) is 12.7. The highest BCUT2D eigenvalue weighted by atomic mass is 32.2. The minimum absolute atomic E-state index is 0.0286. The molecule has 0 unspecified atom stereocenters. The lowest BCUT2D eigenvalue weighted by molar-refractivity contribution is -0.117. The van der Waals surface area contributed by atoms with E-state index in [-0.39, 0.29) is 11.7 Å². The minimum atomic E-state index is -0.620. The second-order valence-corrected chi connectivity index (χ2v) is 9.56. The Kier molecular flexibility index (Phi) is 8.94. The van der Waals surface area contributed by atoms with E-state index in [0.717, 1.165) is 39.0 Å². The molecule has 0 aliphatic carbocycles. The van der Waals surface area contributed by atoms with E-state index in [9.17, 15) is 9.59 Å². The Bertz CT molecular complexity index is 1380. The first-order valence-electron chi connectivity index (χ1n) is 11.9. The monoisotopic (exact) mass is 531 g/mol. The predicted molar refractivity (Wildman–Crippen MR) is 147 cm³/mol. The first kappa shape index (κ1) is 26.7. The molecular weight excluding hydrogens is 502 g/mol. The highest BCUT2D eigenvalue weighted by molar-refractivity contribution is 7.99. The number of benzene rings is 2. The summed E-state index contributed by atoms with van der Waals surface area (Å²) in [5.74, 6) is 2.65. The summed E-state index contributed by atoms with van der Waals surface area (Å²) >= 11 is 1.70. The second-order valence-electron chi connectivity index (χ2n) is 8.42. The molecule has 0 radical (unpaired) electrons. The standard InChI is InChI=1S/C17H19N3O2S.C10H10N4O/c1-20-14-11-19-16(9-15(14)23-8-7-17(20)21)18-10-12-3-5-13(22-2)6-4-12;11-9(15)10-12-8(13-14-10)6-7-4-2-1-3-5-7/h3-6,9,11H,7-8,10H2,1-2H3,(H,18,19);1-5H,6H2,(H2,11,15)(H,12,13,14). The summed E-state index contributed by atoms with van der Waals surface area (Å²) in [6, 6.07) is 19.7. The number of hydrogen-bond donors (Lipinski definition) is 3. The van der Waals surface area contributed by atoms with Crippen LogP contribution in [0.15, 0.2) is 71.8 Å². The number of ether oxygens (including phenoxy) is 1. The number of aromatic nitrogens is 4. The van der Waals surface area contributed by atoms with Crippen LogP contribution in [0.4, 0.5) is 11.5 Å². The van der Waals surface area contributed by atoms with Gasteiger partial charge >= 0.3 is 0 Å². The molecule has 2 aromatic heterocycles. The molecule has 10 nitrogen and oxygen atoms in total. The van der Waals surface area contributed by atoms with E-state index in [4.69, 9.17) is 10.5 Å². The average molecular weight is 532 g/mol. The van der Waals surface area contributed by atoms with E-state index >= 15 is 0 Å². The maximum absolute atomic E-state index is 11.9. The first-order chi connectivity index (χ1) is 18.4. The van der Waals surface area contributed by atoms with Gasteiger partial charge in [-0.25, -0.2) is 9.97 Å². The molecule has 38 heavy (non-hydrogen) atoms. The summed E-state index contributed by atoms with van der Waals surface area (Å²) in [5, 5.41) is 9.70. The van der Waals surface area contributed by atoms with Crippen molar-refractivity contribution >= 4 is 35.1 Å². The normalized spacial score (nSPS) is 12.6. The van der Waals surface area contributed by atoms with Gasteiger partial charge in [-0.1, -0.05) is 42.5 Å². The maximum atomic E-state index is 11.9. The maximum Gasteiger partial charge on any atom is 0.288 e. The lowest BCUT2D eigenvalue weighted by Gasteiger charge is -2.17. The van der Waals surface area contributed by atoms with Crippen LogP contribution in [-0.4, -0.2) is 51.9 Å². The average Bonchev–Trinajstić information content (AvgIpc) is 3.36. The lowest BCUT2D eigenvalue weighted by atomic mass is 10.1. The van der Waals surface area contributed by atoms with Gasteiger partial charge in [-0.05, 0) is 29.3 Å². The molecule has 2 aromatic carbocycles. The molecule has 0 saturated carbocycles. The summed E-state index contributed by atoms with van der Waals surface area (Å²) in [7, 11) is 3.46. The van der Waals surface area contributed by atoms with E-state index in [1.54, 1.807) is 37.0 Å². The van der Waals surface area contributed by atoms with Gasteiger partial charge in [0, 0.05) is 37.1 Å². The van der Waals surface area contributed by atoms with Crippen LogP contribution in [-0.2, 0) is 17.8 Å². The van der Waals surface area contributed by atoms with E-state index in [1.165, 1.54) is 0 Å². The molecule has 11 heteroatoms. The number of aromatic amines is 1. The molecule has 196 valence electrons. The zero-order chi connectivity index (χ0) is 26.9. The van der Waals surface area contributed by atoms with Gasteiger partial charge in [-0.3, -0.25) is 14.7 Å². The molecule has 5 rings (SSSR count). The van der Waals surface area contributed by atoms with Crippen molar-refractivity contribution in [2.45, 2.75) is 24.3 Å². The molecule has 1 aliphatic rings. The van der Waals surface area contributed by atoms with E-state index in [2.05, 4.69) is 25.5 Å². The number of carbonyl (C=O) groups is 2. The molecule has 0 bridgehead atoms. The molecule has 0 atom stereocenters. The van der Waals surface area contributed by atoms with Gasteiger partial charge in [-0.2, -0.15) is 0 Å². The SMILES string of the molecule is COc1ccc(CNc2cc3c(cn2)N(C)C(=O)CCS3)cc1.NC(=O)c1n[nH]c(Cc2ccccc2)n1. The van der Waals surface area contributed by atoms with Crippen LogP contribution < -0.4 is 20.7 Å². The number of nitrogens with one attached hydrogen (secondary N) is 2. The number of primary amides is 1. The minimum Gasteiger partial charge on any atom is -0.497 e. The third-order valence-electron chi connectivity index (χ3n) is 5.75. The Hall–Kier alpha value is -4.38. The Balaban J connectivity index is 0.000000194. The number of carbonyl (C=O) groups excluding carboxylic acids is 2. The fourth-order valence-corrected chi connectivity index (χ4v) is 4.68. The molecule has 4 N–H and O–H groups in total. The number of rotatable bonds is 7. The van der Waals surface area contributed by atoms with E-state index in [1.807, 2.05) is 60.7 Å². The number of fused-ring (bicyclic) bond motifs is 1. The fourth-order valence-electron chi connectivity index (χ4n) is 3.65. The number of nitrogens with two attached hydrogens (primary N) is 1. The zero-order valence-corrected chi connectivity index (χ0v) is 22.0. The van der Waals surface area contributed by atoms with Gasteiger partial charge in [0.15, 0.2) is 0 Å². The highest BCUT2D eigenvalue weighted by Crippen LogP contribution is 2.34.